The average molecular weight is 348 g/mol. The van der Waals surface area contributed by atoms with Crippen LogP contribution in [0.3, 0.4) is 0 Å². The van der Waals surface area contributed by atoms with Gasteiger partial charge in [-0.1, -0.05) is 13.0 Å². The number of thiophene rings is 1. The molecule has 0 spiro atoms. The smallest absolute Gasteiger partial charge is 0.264 e. The fourth-order valence-corrected chi connectivity index (χ4v) is 4.83. The van der Waals surface area contributed by atoms with Crippen LogP contribution >= 0.6 is 11.3 Å². The minimum Gasteiger partial charge on any atom is -0.379 e. The molecule has 3 heterocycles. The van der Waals surface area contributed by atoms with Crippen LogP contribution < -0.4 is 0 Å². The third-order valence-corrected chi connectivity index (χ3v) is 6.18. The number of hydrogen-bond acceptors (Lipinski definition) is 4. The first-order valence-electron chi connectivity index (χ1n) is 8.42. The van der Waals surface area contributed by atoms with Crippen LogP contribution in [0.15, 0.2) is 24.3 Å². The summed E-state index contributed by atoms with van der Waals surface area (Å²) < 4.78 is 20.1. The van der Waals surface area contributed by atoms with E-state index < -0.39 is 0 Å². The lowest BCUT2D eigenvalue weighted by Gasteiger charge is -2.33. The Morgan fingerprint density at radius 1 is 1.29 bits per heavy atom. The van der Waals surface area contributed by atoms with Crippen molar-refractivity contribution >= 4 is 27.3 Å². The first kappa shape index (κ1) is 16.0. The number of fused-ring (bicyclic) bond motifs is 1. The van der Waals surface area contributed by atoms with Gasteiger partial charge in [-0.3, -0.25) is 9.69 Å². The maximum atomic E-state index is 13.9. The van der Waals surface area contributed by atoms with Gasteiger partial charge in [-0.25, -0.2) is 4.39 Å². The number of amides is 1. The Labute approximate surface area is 144 Å². The summed E-state index contributed by atoms with van der Waals surface area (Å²) in [5.74, 6) is 0.208. The van der Waals surface area contributed by atoms with Gasteiger partial charge in [0.15, 0.2) is 0 Å². The molecule has 0 radical (unpaired) electrons. The van der Waals surface area contributed by atoms with Crippen LogP contribution in [0, 0.1) is 11.7 Å². The molecule has 0 N–H and O–H groups in total. The molecule has 2 saturated heterocycles. The summed E-state index contributed by atoms with van der Waals surface area (Å²) >= 11 is 1.38. The van der Waals surface area contributed by atoms with Gasteiger partial charge in [0, 0.05) is 42.3 Å². The Morgan fingerprint density at radius 3 is 2.83 bits per heavy atom. The fourth-order valence-electron chi connectivity index (χ4n) is 3.79. The van der Waals surface area contributed by atoms with E-state index in [4.69, 9.17) is 4.74 Å². The monoisotopic (exact) mass is 348 g/mol. The van der Waals surface area contributed by atoms with Crippen molar-refractivity contribution in [2.75, 3.05) is 39.4 Å². The lowest BCUT2D eigenvalue weighted by atomic mass is 10.0. The van der Waals surface area contributed by atoms with E-state index in [0.29, 0.717) is 22.2 Å². The van der Waals surface area contributed by atoms with E-state index in [1.807, 2.05) is 11.0 Å². The zero-order valence-electron chi connectivity index (χ0n) is 13.7. The zero-order chi connectivity index (χ0) is 16.7. The lowest BCUT2D eigenvalue weighted by molar-refractivity contribution is 0.0119. The maximum absolute atomic E-state index is 13.9. The molecule has 0 aliphatic carbocycles. The number of nitrogens with zero attached hydrogens (tertiary/aromatic N) is 2. The molecule has 4 nitrogen and oxygen atoms in total. The van der Waals surface area contributed by atoms with Crippen LogP contribution in [0.25, 0.3) is 10.1 Å². The van der Waals surface area contributed by atoms with Crippen LogP contribution in [0.1, 0.15) is 16.6 Å². The summed E-state index contributed by atoms with van der Waals surface area (Å²) in [7, 11) is 0. The molecular weight excluding hydrogens is 327 g/mol. The molecule has 4 rings (SSSR count). The van der Waals surface area contributed by atoms with E-state index in [1.165, 1.54) is 17.4 Å². The van der Waals surface area contributed by atoms with Gasteiger partial charge < -0.3 is 9.64 Å². The van der Waals surface area contributed by atoms with Crippen molar-refractivity contribution in [1.29, 1.82) is 0 Å². The molecule has 1 aromatic carbocycles. The van der Waals surface area contributed by atoms with Crippen molar-refractivity contribution in [3.63, 3.8) is 0 Å². The molecule has 1 amide bonds. The summed E-state index contributed by atoms with van der Waals surface area (Å²) in [4.78, 5) is 17.9. The standard InChI is InChI=1S/C18H21FN2O2S/c1-12-10-21(11-15(12)20-5-7-23-8-6-20)18(22)17-9-13-14(19)3-2-4-16(13)24-17/h2-4,9,12,15H,5-8,10-11H2,1H3. The van der Waals surface area contributed by atoms with E-state index in [-0.39, 0.29) is 11.7 Å². The predicted octanol–water partition coefficient (Wildman–Crippen LogP) is 2.83. The number of halogens is 1. The van der Waals surface area contributed by atoms with Crippen LogP contribution in [0.2, 0.25) is 0 Å². The van der Waals surface area contributed by atoms with Crippen molar-refractivity contribution in [1.82, 2.24) is 9.80 Å². The van der Waals surface area contributed by atoms with Crippen LogP contribution in [0.5, 0.6) is 0 Å². The van der Waals surface area contributed by atoms with Gasteiger partial charge in [0.1, 0.15) is 5.82 Å². The number of likely N-dealkylation sites (tertiary alicyclic amines) is 1. The molecule has 24 heavy (non-hydrogen) atoms. The second-order valence-corrected chi connectivity index (χ2v) is 7.75. The highest BCUT2D eigenvalue weighted by Crippen LogP contribution is 2.30. The Morgan fingerprint density at radius 2 is 2.08 bits per heavy atom. The molecule has 2 aliphatic rings. The van der Waals surface area contributed by atoms with Crippen molar-refractivity contribution in [2.24, 2.45) is 5.92 Å². The summed E-state index contributed by atoms with van der Waals surface area (Å²) in [6.07, 6.45) is 0. The van der Waals surface area contributed by atoms with Gasteiger partial charge in [0.2, 0.25) is 0 Å². The fraction of sp³-hybridized carbons (Fsp3) is 0.500. The molecule has 0 bridgehead atoms. The summed E-state index contributed by atoms with van der Waals surface area (Å²) in [5, 5.41) is 0.544. The Balaban J connectivity index is 1.52. The normalized spacial score (nSPS) is 25.5. The number of morpholine rings is 1. The van der Waals surface area contributed by atoms with Crippen LogP contribution in [-0.4, -0.2) is 61.1 Å². The molecular formula is C18H21FN2O2S. The third-order valence-electron chi connectivity index (χ3n) is 5.09. The summed E-state index contributed by atoms with van der Waals surface area (Å²) in [5.41, 5.74) is 0. The first-order chi connectivity index (χ1) is 11.6. The van der Waals surface area contributed by atoms with Gasteiger partial charge in [0.05, 0.1) is 18.1 Å². The molecule has 0 saturated carbocycles. The molecule has 2 fully saturated rings. The Bertz CT molecular complexity index is 757. The van der Waals surface area contributed by atoms with Crippen molar-refractivity contribution in [3.05, 3.63) is 35.0 Å². The zero-order valence-corrected chi connectivity index (χ0v) is 14.5. The number of rotatable bonds is 2. The van der Waals surface area contributed by atoms with E-state index in [0.717, 1.165) is 44.1 Å². The SMILES string of the molecule is CC1CN(C(=O)c2cc3c(F)cccc3s2)CC1N1CCOCC1. The van der Waals surface area contributed by atoms with E-state index >= 15 is 0 Å². The highest BCUT2D eigenvalue weighted by molar-refractivity contribution is 7.20. The van der Waals surface area contributed by atoms with Gasteiger partial charge in [-0.05, 0) is 24.1 Å². The topological polar surface area (TPSA) is 32.8 Å². The molecule has 2 aromatic rings. The molecule has 6 heteroatoms. The lowest BCUT2D eigenvalue weighted by Crippen LogP contribution is -2.47. The molecule has 1 aromatic heterocycles. The van der Waals surface area contributed by atoms with Crippen molar-refractivity contribution in [3.8, 4) is 0 Å². The predicted molar refractivity (Wildman–Crippen MR) is 93.0 cm³/mol. The van der Waals surface area contributed by atoms with Gasteiger partial charge >= 0.3 is 0 Å². The first-order valence-corrected chi connectivity index (χ1v) is 9.24. The van der Waals surface area contributed by atoms with Crippen LogP contribution in [-0.2, 0) is 4.74 Å². The third kappa shape index (κ3) is 2.83. The molecule has 128 valence electrons. The highest BCUT2D eigenvalue weighted by Gasteiger charge is 2.37. The van der Waals surface area contributed by atoms with E-state index in [2.05, 4.69) is 11.8 Å². The number of benzene rings is 1. The van der Waals surface area contributed by atoms with Gasteiger partial charge in [-0.2, -0.15) is 0 Å². The quantitative estimate of drug-likeness (QED) is 0.837. The second-order valence-electron chi connectivity index (χ2n) is 6.67. The summed E-state index contributed by atoms with van der Waals surface area (Å²) in [6, 6.07) is 7.08. The largest absolute Gasteiger partial charge is 0.379 e. The Kier molecular flexibility index (Phi) is 4.28. The van der Waals surface area contributed by atoms with Gasteiger partial charge in [0.25, 0.3) is 5.91 Å². The maximum Gasteiger partial charge on any atom is 0.264 e. The average Bonchev–Trinajstić information content (AvgIpc) is 3.20. The second kappa shape index (κ2) is 6.43. The Hall–Kier alpha value is -1.50. The van der Waals surface area contributed by atoms with E-state index in [1.54, 1.807) is 12.1 Å². The number of carbonyl (C=O) groups is 1. The van der Waals surface area contributed by atoms with Crippen molar-refractivity contribution in [2.45, 2.75) is 13.0 Å². The van der Waals surface area contributed by atoms with E-state index in [9.17, 15) is 9.18 Å². The van der Waals surface area contributed by atoms with Crippen molar-refractivity contribution < 1.29 is 13.9 Å². The molecule has 2 unspecified atom stereocenters. The number of hydrogen-bond donors (Lipinski definition) is 0. The minimum absolute atomic E-state index is 0.0261. The highest BCUT2D eigenvalue weighted by atomic mass is 32.1. The number of ether oxygens (including phenoxy) is 1. The van der Waals surface area contributed by atoms with Gasteiger partial charge in [-0.15, -0.1) is 11.3 Å². The minimum atomic E-state index is -0.260. The van der Waals surface area contributed by atoms with Crippen LogP contribution in [0.4, 0.5) is 4.39 Å². The molecule has 2 aliphatic heterocycles. The summed E-state index contributed by atoms with van der Waals surface area (Å²) in [6.45, 7) is 7.13. The number of carbonyl (C=O) groups excluding carboxylic acids is 1. The molecule has 2 atom stereocenters.